The van der Waals surface area contributed by atoms with E-state index in [0.29, 0.717) is 5.92 Å². The van der Waals surface area contributed by atoms with Gasteiger partial charge in [-0.25, -0.2) is 0 Å². The van der Waals surface area contributed by atoms with Gasteiger partial charge in [-0.2, -0.15) is 0 Å². The summed E-state index contributed by atoms with van der Waals surface area (Å²) in [4.78, 5) is 2.46. The number of aryl methyl sites for hydroxylation is 2. The molecule has 1 aromatic heterocycles. The first-order valence-electron chi connectivity index (χ1n) is 6.81. The molecule has 0 bridgehead atoms. The molecule has 1 unspecified atom stereocenters. The highest BCUT2D eigenvalue weighted by Gasteiger charge is 2.15. The van der Waals surface area contributed by atoms with Crippen LogP contribution in [0.25, 0.3) is 0 Å². The number of rotatable bonds is 4. The summed E-state index contributed by atoms with van der Waals surface area (Å²) in [6, 6.07) is 10.4. The number of aliphatic hydroxyl groups excluding tert-OH is 1. The lowest BCUT2D eigenvalue weighted by atomic mass is 9.96. The zero-order valence-corrected chi connectivity index (χ0v) is 12.9. The Morgan fingerprint density at radius 2 is 1.89 bits per heavy atom. The third-order valence-corrected chi connectivity index (χ3v) is 4.27. The van der Waals surface area contributed by atoms with Gasteiger partial charge in [0, 0.05) is 9.75 Å². The fraction of sp³-hybridized carbons (Fsp3) is 0.412. The van der Waals surface area contributed by atoms with Crippen LogP contribution in [0.15, 0.2) is 30.3 Å². The van der Waals surface area contributed by atoms with Gasteiger partial charge in [-0.3, -0.25) is 0 Å². The Bertz CT molecular complexity index is 554. The first-order chi connectivity index (χ1) is 8.97. The van der Waals surface area contributed by atoms with Crippen LogP contribution in [0, 0.1) is 19.8 Å². The molecular formula is C17H22OS. The van der Waals surface area contributed by atoms with Crippen molar-refractivity contribution in [1.29, 1.82) is 0 Å². The summed E-state index contributed by atoms with van der Waals surface area (Å²) in [6.07, 6.45) is 0.555. The van der Waals surface area contributed by atoms with Crippen LogP contribution >= 0.6 is 11.3 Å². The maximum Gasteiger partial charge on any atom is 0.105 e. The van der Waals surface area contributed by atoms with Crippen LogP contribution < -0.4 is 0 Å². The molecule has 102 valence electrons. The highest BCUT2D eigenvalue weighted by atomic mass is 32.1. The zero-order chi connectivity index (χ0) is 14.0. The van der Waals surface area contributed by atoms with E-state index < -0.39 is 6.10 Å². The molecule has 1 nitrogen and oxygen atoms in total. The molecule has 2 rings (SSSR count). The lowest BCUT2D eigenvalue weighted by Gasteiger charge is -2.13. The molecule has 0 spiro atoms. The fourth-order valence-electron chi connectivity index (χ4n) is 2.46. The van der Waals surface area contributed by atoms with Crippen LogP contribution in [-0.4, -0.2) is 5.11 Å². The van der Waals surface area contributed by atoms with Crippen molar-refractivity contribution < 1.29 is 5.11 Å². The number of benzene rings is 1. The van der Waals surface area contributed by atoms with E-state index in [0.717, 1.165) is 17.5 Å². The minimum absolute atomic E-state index is 0.503. The smallest absolute Gasteiger partial charge is 0.105 e. The molecular weight excluding hydrogens is 252 g/mol. The van der Waals surface area contributed by atoms with Gasteiger partial charge in [0.1, 0.15) is 6.10 Å². The second-order valence-corrected chi connectivity index (χ2v) is 7.07. The predicted octanol–water partition coefficient (Wildman–Crippen LogP) is 4.65. The van der Waals surface area contributed by atoms with Crippen molar-refractivity contribution >= 4 is 11.3 Å². The van der Waals surface area contributed by atoms with Crippen LogP contribution in [0.2, 0.25) is 0 Å². The zero-order valence-electron chi connectivity index (χ0n) is 12.1. The molecule has 0 aliphatic heterocycles. The fourth-order valence-corrected chi connectivity index (χ4v) is 3.42. The quantitative estimate of drug-likeness (QED) is 0.860. The molecule has 2 aromatic rings. The Morgan fingerprint density at radius 1 is 1.16 bits per heavy atom. The summed E-state index contributed by atoms with van der Waals surface area (Å²) in [7, 11) is 0. The molecule has 0 saturated heterocycles. The van der Waals surface area contributed by atoms with E-state index in [-0.39, 0.29) is 0 Å². The van der Waals surface area contributed by atoms with Crippen molar-refractivity contribution in [1.82, 2.24) is 0 Å². The van der Waals surface area contributed by atoms with Crippen LogP contribution in [0.3, 0.4) is 0 Å². The van der Waals surface area contributed by atoms with E-state index >= 15 is 0 Å². The number of aliphatic hydroxyl groups is 1. The SMILES string of the molecule is Cc1cc(C(O)c2cccc(CC(C)C)c2)c(C)s1. The Labute approximate surface area is 119 Å². The third-order valence-electron chi connectivity index (χ3n) is 3.28. The summed E-state index contributed by atoms with van der Waals surface area (Å²) in [5, 5.41) is 10.6. The summed E-state index contributed by atoms with van der Waals surface area (Å²) < 4.78 is 0. The van der Waals surface area contributed by atoms with Gasteiger partial charge in [-0.1, -0.05) is 38.1 Å². The van der Waals surface area contributed by atoms with Gasteiger partial charge in [0.15, 0.2) is 0 Å². The summed E-state index contributed by atoms with van der Waals surface area (Å²) in [6.45, 7) is 8.60. The van der Waals surface area contributed by atoms with E-state index in [9.17, 15) is 5.11 Å². The minimum atomic E-state index is -0.503. The van der Waals surface area contributed by atoms with Crippen molar-refractivity contribution in [3.63, 3.8) is 0 Å². The van der Waals surface area contributed by atoms with Gasteiger partial charge in [-0.15, -0.1) is 11.3 Å². The second-order valence-electron chi connectivity index (χ2n) is 5.61. The van der Waals surface area contributed by atoms with Crippen LogP contribution in [0.1, 0.15) is 46.4 Å². The maximum absolute atomic E-state index is 10.6. The number of hydrogen-bond acceptors (Lipinski definition) is 2. The van der Waals surface area contributed by atoms with E-state index in [1.807, 2.05) is 12.1 Å². The molecule has 1 aromatic carbocycles. The molecule has 0 saturated carbocycles. The standard InChI is InChI=1S/C17H22OS/c1-11(2)8-14-6-5-7-15(10-14)17(18)16-9-12(3)19-13(16)4/h5-7,9-11,17-18H,8H2,1-4H3. The molecule has 1 N–H and O–H groups in total. The van der Waals surface area contributed by atoms with Crippen molar-refractivity contribution in [2.75, 3.05) is 0 Å². The second kappa shape index (κ2) is 5.89. The largest absolute Gasteiger partial charge is 0.384 e. The molecule has 0 amide bonds. The van der Waals surface area contributed by atoms with Crippen molar-refractivity contribution in [3.8, 4) is 0 Å². The van der Waals surface area contributed by atoms with Crippen molar-refractivity contribution in [2.24, 2.45) is 5.92 Å². The van der Waals surface area contributed by atoms with Crippen LogP contribution in [0.4, 0.5) is 0 Å². The molecule has 0 radical (unpaired) electrons. The lowest BCUT2D eigenvalue weighted by Crippen LogP contribution is -2.02. The Hall–Kier alpha value is -1.12. The minimum Gasteiger partial charge on any atom is -0.384 e. The molecule has 2 heteroatoms. The average molecular weight is 274 g/mol. The summed E-state index contributed by atoms with van der Waals surface area (Å²) >= 11 is 1.75. The molecule has 19 heavy (non-hydrogen) atoms. The maximum atomic E-state index is 10.6. The highest BCUT2D eigenvalue weighted by molar-refractivity contribution is 7.12. The van der Waals surface area contributed by atoms with Crippen molar-refractivity contribution in [2.45, 2.75) is 40.2 Å². The summed E-state index contributed by atoms with van der Waals surface area (Å²) in [5.74, 6) is 0.637. The highest BCUT2D eigenvalue weighted by Crippen LogP contribution is 2.31. The van der Waals surface area contributed by atoms with Crippen molar-refractivity contribution in [3.05, 3.63) is 56.8 Å². The van der Waals surface area contributed by atoms with Gasteiger partial charge < -0.3 is 5.11 Å². The molecule has 0 aliphatic carbocycles. The first-order valence-corrected chi connectivity index (χ1v) is 7.63. The normalized spacial score (nSPS) is 12.9. The van der Waals surface area contributed by atoms with Crippen LogP contribution in [0.5, 0.6) is 0 Å². The Balaban J connectivity index is 2.28. The van der Waals surface area contributed by atoms with Crippen LogP contribution in [-0.2, 0) is 6.42 Å². The van der Waals surface area contributed by atoms with Gasteiger partial charge in [-0.05, 0) is 48.9 Å². The monoisotopic (exact) mass is 274 g/mol. The first kappa shape index (κ1) is 14.3. The third kappa shape index (κ3) is 3.46. The Morgan fingerprint density at radius 3 is 2.47 bits per heavy atom. The van der Waals surface area contributed by atoms with E-state index in [2.05, 4.69) is 45.9 Å². The topological polar surface area (TPSA) is 20.2 Å². The van der Waals surface area contributed by atoms with E-state index in [1.165, 1.54) is 15.3 Å². The number of hydrogen-bond donors (Lipinski definition) is 1. The average Bonchev–Trinajstić information content (AvgIpc) is 2.67. The number of thiophene rings is 1. The molecule has 1 heterocycles. The molecule has 0 aliphatic rings. The lowest BCUT2D eigenvalue weighted by molar-refractivity contribution is 0.220. The van der Waals surface area contributed by atoms with Gasteiger partial charge in [0.25, 0.3) is 0 Å². The molecule has 0 fully saturated rings. The molecule has 1 atom stereocenters. The van der Waals surface area contributed by atoms with Gasteiger partial charge in [0.2, 0.25) is 0 Å². The Kier molecular flexibility index (Phi) is 4.43. The summed E-state index contributed by atoms with van der Waals surface area (Å²) in [5.41, 5.74) is 3.35. The van der Waals surface area contributed by atoms with Gasteiger partial charge >= 0.3 is 0 Å². The van der Waals surface area contributed by atoms with E-state index in [1.54, 1.807) is 11.3 Å². The predicted molar refractivity (Wildman–Crippen MR) is 82.8 cm³/mol. The van der Waals surface area contributed by atoms with Gasteiger partial charge in [0.05, 0.1) is 0 Å². The van der Waals surface area contributed by atoms with E-state index in [4.69, 9.17) is 0 Å².